The van der Waals surface area contributed by atoms with E-state index in [-0.39, 0.29) is 0 Å². The van der Waals surface area contributed by atoms with E-state index in [1.54, 1.807) is 0 Å². The Kier molecular flexibility index (Phi) is 0.865. The van der Waals surface area contributed by atoms with Gasteiger partial charge in [-0.1, -0.05) is 6.92 Å². The molecule has 2 aliphatic rings. The lowest BCUT2D eigenvalue weighted by Gasteiger charge is -2.17. The van der Waals surface area contributed by atoms with Crippen LogP contribution in [0.2, 0.25) is 0 Å². The Labute approximate surface area is 55.0 Å². The molecule has 0 N–H and O–H groups in total. The average Bonchev–Trinajstić information content (AvgIpc) is 1.90. The van der Waals surface area contributed by atoms with Crippen LogP contribution < -0.4 is 4.57 Å². The first-order valence-corrected chi connectivity index (χ1v) is 3.42. The van der Waals surface area contributed by atoms with Crippen LogP contribution in [0.4, 0.5) is 0 Å². The fourth-order valence-corrected chi connectivity index (χ4v) is 1.44. The molecule has 1 atom stereocenters. The van der Waals surface area contributed by atoms with E-state index >= 15 is 0 Å². The average molecular weight is 120 g/mol. The normalized spacial score (nSPS) is 21.2. The maximum absolute atomic E-state index is 2.26. The lowest BCUT2D eigenvalue weighted by atomic mass is 10.0. The summed E-state index contributed by atoms with van der Waals surface area (Å²) in [6.45, 7) is 2.22. The van der Waals surface area contributed by atoms with E-state index in [1.807, 2.05) is 0 Å². The molecule has 1 heteroatoms. The molecule has 0 spiro atoms. The highest BCUT2D eigenvalue weighted by molar-refractivity contribution is 5.13. The number of fused-ring (bicyclic) bond motifs is 2. The molecule has 0 radical (unpaired) electrons. The summed E-state index contributed by atoms with van der Waals surface area (Å²) in [7, 11) is 0. The highest BCUT2D eigenvalue weighted by atomic mass is 15.0. The smallest absolute Gasteiger partial charge is 0.189 e. The Morgan fingerprint density at radius 1 is 1.67 bits per heavy atom. The summed E-state index contributed by atoms with van der Waals surface area (Å²) in [6, 6.07) is 4.99. The third kappa shape index (κ3) is 0.517. The zero-order valence-corrected chi connectivity index (χ0v) is 5.54. The lowest BCUT2D eigenvalue weighted by molar-refractivity contribution is -0.739. The van der Waals surface area contributed by atoms with Crippen molar-refractivity contribution in [2.24, 2.45) is 0 Å². The van der Waals surface area contributed by atoms with Crippen LogP contribution in [0.5, 0.6) is 0 Å². The minimum absolute atomic E-state index is 0.704. The molecule has 1 aromatic rings. The first kappa shape index (κ1) is 4.98. The molecule has 9 heavy (non-hydrogen) atoms. The van der Waals surface area contributed by atoms with Gasteiger partial charge in [0.05, 0.1) is 5.56 Å². The van der Waals surface area contributed by atoms with E-state index in [2.05, 4.69) is 36.0 Å². The van der Waals surface area contributed by atoms with Gasteiger partial charge in [0.2, 0.25) is 0 Å². The van der Waals surface area contributed by atoms with Crippen LogP contribution in [0.1, 0.15) is 24.9 Å². The van der Waals surface area contributed by atoms with Crippen LogP contribution in [0.25, 0.3) is 0 Å². The molecule has 3 heterocycles. The fourth-order valence-electron chi connectivity index (χ4n) is 1.44. The summed E-state index contributed by atoms with van der Waals surface area (Å²) in [5.41, 5.74) is 1.49. The van der Waals surface area contributed by atoms with Gasteiger partial charge in [-0.05, 0) is 6.07 Å². The minimum Gasteiger partial charge on any atom is -0.197 e. The molecule has 0 fully saturated rings. The van der Waals surface area contributed by atoms with Crippen molar-refractivity contribution in [1.82, 2.24) is 0 Å². The molecule has 0 amide bonds. The molecule has 1 unspecified atom stereocenters. The van der Waals surface area contributed by atoms with Crippen LogP contribution >= 0.6 is 0 Å². The molecule has 0 aliphatic carbocycles. The number of aromatic nitrogens is 1. The number of hydrogen-bond donors (Lipinski definition) is 0. The third-order valence-corrected chi connectivity index (χ3v) is 1.98. The lowest BCUT2D eigenvalue weighted by Crippen LogP contribution is -2.47. The Hall–Kier alpha value is -0.850. The van der Waals surface area contributed by atoms with E-state index in [4.69, 9.17) is 0 Å². The van der Waals surface area contributed by atoms with Crippen LogP contribution in [0.15, 0.2) is 24.5 Å². The van der Waals surface area contributed by atoms with Crippen molar-refractivity contribution in [2.75, 3.05) is 0 Å². The largest absolute Gasteiger partial charge is 0.197 e. The highest BCUT2D eigenvalue weighted by Crippen LogP contribution is 2.20. The van der Waals surface area contributed by atoms with Gasteiger partial charge < -0.3 is 0 Å². The number of hydrogen-bond acceptors (Lipinski definition) is 0. The van der Waals surface area contributed by atoms with Gasteiger partial charge in [0.15, 0.2) is 18.4 Å². The Morgan fingerprint density at radius 2 is 2.56 bits per heavy atom. The SMILES string of the molecule is CCC1c2ccc[n+]1c2. The van der Waals surface area contributed by atoms with Crippen LogP contribution in [0, 0.1) is 0 Å². The Bertz CT molecular complexity index is 203. The van der Waals surface area contributed by atoms with Crippen LogP contribution in [-0.4, -0.2) is 0 Å². The van der Waals surface area contributed by atoms with Gasteiger partial charge in [0.25, 0.3) is 0 Å². The summed E-state index contributed by atoms with van der Waals surface area (Å²) in [6.07, 6.45) is 5.54. The fraction of sp³-hybridized carbons (Fsp3) is 0.375. The first-order chi connectivity index (χ1) is 4.42. The maximum atomic E-state index is 2.26. The van der Waals surface area contributed by atoms with Gasteiger partial charge in [-0.25, -0.2) is 0 Å². The molecule has 2 aliphatic heterocycles. The maximum Gasteiger partial charge on any atom is 0.189 e. The molecular formula is C8H10N+. The van der Waals surface area contributed by atoms with Gasteiger partial charge in [-0.15, -0.1) is 0 Å². The predicted molar refractivity (Wildman–Crippen MR) is 35.1 cm³/mol. The van der Waals surface area contributed by atoms with Crippen molar-refractivity contribution in [3.05, 3.63) is 30.1 Å². The molecule has 0 saturated carbocycles. The summed E-state index contributed by atoms with van der Waals surface area (Å²) < 4.78 is 2.26. The Morgan fingerprint density at radius 3 is 2.89 bits per heavy atom. The van der Waals surface area contributed by atoms with E-state index < -0.39 is 0 Å². The van der Waals surface area contributed by atoms with Gasteiger partial charge >= 0.3 is 0 Å². The molecule has 3 rings (SSSR count). The van der Waals surface area contributed by atoms with Gasteiger partial charge in [-0.2, -0.15) is 4.57 Å². The second-order valence-corrected chi connectivity index (χ2v) is 2.51. The zero-order valence-electron chi connectivity index (χ0n) is 5.54. The predicted octanol–water partition coefficient (Wildman–Crippen LogP) is 1.29. The van der Waals surface area contributed by atoms with Crippen molar-refractivity contribution in [2.45, 2.75) is 19.4 Å². The third-order valence-electron chi connectivity index (χ3n) is 1.98. The van der Waals surface area contributed by atoms with Crippen molar-refractivity contribution in [3.63, 3.8) is 0 Å². The van der Waals surface area contributed by atoms with Crippen LogP contribution in [0.3, 0.4) is 0 Å². The number of nitrogens with zero attached hydrogens (tertiary/aromatic N) is 1. The van der Waals surface area contributed by atoms with Gasteiger partial charge in [0.1, 0.15) is 0 Å². The molecule has 0 saturated heterocycles. The summed E-state index contributed by atoms with van der Waals surface area (Å²) in [5.74, 6) is 0. The second-order valence-electron chi connectivity index (χ2n) is 2.51. The molecule has 2 bridgehead atoms. The second kappa shape index (κ2) is 1.56. The number of rotatable bonds is 1. The van der Waals surface area contributed by atoms with E-state index in [1.165, 1.54) is 12.0 Å². The highest BCUT2D eigenvalue weighted by Gasteiger charge is 2.29. The van der Waals surface area contributed by atoms with E-state index in [0.29, 0.717) is 6.04 Å². The zero-order chi connectivity index (χ0) is 6.27. The monoisotopic (exact) mass is 120 g/mol. The minimum atomic E-state index is 0.704. The standard InChI is InChI=1S/C8H10N/c1-2-8-7-4-3-5-9(8)6-7/h3-6,8H,2H2,1H3/q+1. The van der Waals surface area contributed by atoms with Crippen molar-refractivity contribution >= 4 is 0 Å². The van der Waals surface area contributed by atoms with Crippen LogP contribution in [-0.2, 0) is 0 Å². The van der Waals surface area contributed by atoms with E-state index in [0.717, 1.165) is 0 Å². The van der Waals surface area contributed by atoms with Crippen molar-refractivity contribution < 1.29 is 4.57 Å². The topological polar surface area (TPSA) is 3.88 Å². The summed E-state index contributed by atoms with van der Waals surface area (Å²) >= 11 is 0. The van der Waals surface area contributed by atoms with Crippen molar-refractivity contribution in [1.29, 1.82) is 0 Å². The molecule has 0 aromatic carbocycles. The molecule has 1 nitrogen and oxygen atoms in total. The van der Waals surface area contributed by atoms with E-state index in [9.17, 15) is 0 Å². The first-order valence-electron chi connectivity index (χ1n) is 3.42. The Balaban J connectivity index is 2.41. The molecular weight excluding hydrogens is 110 g/mol. The van der Waals surface area contributed by atoms with Crippen molar-refractivity contribution in [3.8, 4) is 0 Å². The number of pyridine rings is 1. The van der Waals surface area contributed by atoms with Gasteiger partial charge in [0, 0.05) is 12.5 Å². The summed E-state index contributed by atoms with van der Waals surface area (Å²) in [5, 5.41) is 0. The summed E-state index contributed by atoms with van der Waals surface area (Å²) in [4.78, 5) is 0. The molecule has 1 aromatic heterocycles. The molecule has 46 valence electrons. The quantitative estimate of drug-likeness (QED) is 0.492. The van der Waals surface area contributed by atoms with Gasteiger partial charge in [-0.3, -0.25) is 0 Å².